The fourth-order valence-electron chi connectivity index (χ4n) is 1.86. The van der Waals surface area contributed by atoms with Crippen LogP contribution in [0.3, 0.4) is 0 Å². The largest absolute Gasteiger partial charge is 0.478 e. The molecule has 4 nitrogen and oxygen atoms in total. The Kier molecular flexibility index (Phi) is 6.08. The van der Waals surface area contributed by atoms with Gasteiger partial charge >= 0.3 is 5.97 Å². The minimum Gasteiger partial charge on any atom is -0.478 e. The van der Waals surface area contributed by atoms with E-state index in [1.54, 1.807) is 18.2 Å². The fourth-order valence-corrected chi connectivity index (χ4v) is 2.03. The van der Waals surface area contributed by atoms with Crippen molar-refractivity contribution in [1.82, 2.24) is 0 Å². The zero-order chi connectivity index (χ0) is 15.1. The molecule has 0 fully saturated rings. The maximum absolute atomic E-state index is 10.6. The van der Waals surface area contributed by atoms with Gasteiger partial charge in [0.15, 0.2) is 0 Å². The molecule has 0 saturated heterocycles. The molecule has 1 atom stereocenters. The highest BCUT2D eigenvalue weighted by Gasteiger charge is 2.12. The first-order valence-electron chi connectivity index (χ1n) is 6.33. The van der Waals surface area contributed by atoms with Gasteiger partial charge in [0.2, 0.25) is 0 Å². The third-order valence-corrected chi connectivity index (χ3v) is 3.07. The van der Waals surface area contributed by atoms with Crippen LogP contribution < -0.4 is 4.90 Å². The van der Waals surface area contributed by atoms with Crippen LogP contribution in [0.5, 0.6) is 0 Å². The van der Waals surface area contributed by atoms with Crippen LogP contribution in [0.4, 0.5) is 5.69 Å². The molecule has 0 aliphatic carbocycles. The standard InChI is InChI=1S/C15H17ClN2O2/c1-3-18(10-11(2)9-17)14-8-13(16)6-4-12(14)5-7-15(19)20/h4-8,11H,3,10H2,1-2H3,(H,19,20)/b7-5+. The van der Waals surface area contributed by atoms with E-state index < -0.39 is 5.97 Å². The molecule has 20 heavy (non-hydrogen) atoms. The molecule has 0 aromatic heterocycles. The van der Waals surface area contributed by atoms with Crippen molar-refractivity contribution in [3.05, 3.63) is 34.9 Å². The summed E-state index contributed by atoms with van der Waals surface area (Å²) in [5, 5.41) is 18.2. The lowest BCUT2D eigenvalue weighted by molar-refractivity contribution is -0.131. The van der Waals surface area contributed by atoms with Gasteiger partial charge in [-0.3, -0.25) is 0 Å². The van der Waals surface area contributed by atoms with E-state index in [1.807, 2.05) is 18.7 Å². The molecular weight excluding hydrogens is 276 g/mol. The van der Waals surface area contributed by atoms with Gasteiger partial charge in [-0.05, 0) is 37.6 Å². The van der Waals surface area contributed by atoms with Gasteiger partial charge in [0.05, 0.1) is 12.0 Å². The van der Waals surface area contributed by atoms with Gasteiger partial charge in [0, 0.05) is 29.9 Å². The first-order valence-corrected chi connectivity index (χ1v) is 6.70. The summed E-state index contributed by atoms with van der Waals surface area (Å²) >= 11 is 6.02. The SMILES string of the molecule is CCN(CC(C)C#N)c1cc(Cl)ccc1/C=C/C(=O)O. The quantitative estimate of drug-likeness (QED) is 0.816. The Labute approximate surface area is 123 Å². The topological polar surface area (TPSA) is 64.3 Å². The van der Waals surface area contributed by atoms with Crippen molar-refractivity contribution in [3.63, 3.8) is 0 Å². The summed E-state index contributed by atoms with van der Waals surface area (Å²) in [5.41, 5.74) is 1.60. The molecule has 0 aliphatic rings. The Morgan fingerprint density at radius 1 is 1.60 bits per heavy atom. The van der Waals surface area contributed by atoms with Gasteiger partial charge in [-0.1, -0.05) is 17.7 Å². The lowest BCUT2D eigenvalue weighted by atomic mass is 10.1. The van der Waals surface area contributed by atoms with Crippen molar-refractivity contribution >= 4 is 29.3 Å². The molecular formula is C15H17ClN2O2. The van der Waals surface area contributed by atoms with E-state index in [-0.39, 0.29) is 5.92 Å². The van der Waals surface area contributed by atoms with E-state index >= 15 is 0 Å². The van der Waals surface area contributed by atoms with Crippen molar-refractivity contribution in [2.75, 3.05) is 18.0 Å². The van der Waals surface area contributed by atoms with E-state index in [9.17, 15) is 4.79 Å². The number of nitriles is 1. The van der Waals surface area contributed by atoms with E-state index in [1.165, 1.54) is 6.08 Å². The minimum absolute atomic E-state index is 0.120. The molecule has 0 bridgehead atoms. The number of hydrogen-bond donors (Lipinski definition) is 1. The predicted octanol–water partition coefficient (Wildman–Crippen LogP) is 3.42. The first-order chi connectivity index (χ1) is 9.47. The average molecular weight is 293 g/mol. The Hall–Kier alpha value is -1.99. The van der Waals surface area contributed by atoms with E-state index in [0.717, 1.165) is 17.3 Å². The molecule has 1 unspecified atom stereocenters. The monoisotopic (exact) mass is 292 g/mol. The number of rotatable bonds is 6. The number of halogens is 1. The van der Waals surface area contributed by atoms with Crippen molar-refractivity contribution in [3.8, 4) is 6.07 Å². The van der Waals surface area contributed by atoms with Crippen LogP contribution in [0.2, 0.25) is 5.02 Å². The number of nitrogens with zero attached hydrogens (tertiary/aromatic N) is 2. The third-order valence-electron chi connectivity index (χ3n) is 2.83. The van der Waals surface area contributed by atoms with Crippen molar-refractivity contribution < 1.29 is 9.90 Å². The van der Waals surface area contributed by atoms with Crippen LogP contribution >= 0.6 is 11.6 Å². The minimum atomic E-state index is -1.00. The number of hydrogen-bond acceptors (Lipinski definition) is 3. The molecule has 0 radical (unpaired) electrons. The molecule has 1 aromatic rings. The molecule has 1 rings (SSSR count). The van der Waals surface area contributed by atoms with Crippen LogP contribution in [-0.2, 0) is 4.79 Å². The summed E-state index contributed by atoms with van der Waals surface area (Å²) in [6.45, 7) is 5.11. The number of carboxylic acids is 1. The number of benzene rings is 1. The molecule has 0 saturated carbocycles. The van der Waals surface area contributed by atoms with Crippen LogP contribution in [0, 0.1) is 17.2 Å². The van der Waals surface area contributed by atoms with Gasteiger partial charge in [0.25, 0.3) is 0 Å². The van der Waals surface area contributed by atoms with Gasteiger partial charge in [0.1, 0.15) is 0 Å². The molecule has 1 aromatic carbocycles. The van der Waals surface area contributed by atoms with Gasteiger partial charge in [-0.2, -0.15) is 5.26 Å². The molecule has 106 valence electrons. The predicted molar refractivity (Wildman–Crippen MR) is 80.8 cm³/mol. The summed E-state index contributed by atoms with van der Waals surface area (Å²) in [6, 6.07) is 7.48. The molecule has 0 spiro atoms. The Balaban J connectivity index is 3.15. The first kappa shape index (κ1) is 16.1. The maximum Gasteiger partial charge on any atom is 0.328 e. The zero-order valence-electron chi connectivity index (χ0n) is 11.5. The lowest BCUT2D eigenvalue weighted by Gasteiger charge is -2.26. The van der Waals surface area contributed by atoms with Crippen molar-refractivity contribution in [1.29, 1.82) is 5.26 Å². The highest BCUT2D eigenvalue weighted by atomic mass is 35.5. The van der Waals surface area contributed by atoms with Crippen LogP contribution in [-0.4, -0.2) is 24.2 Å². The normalized spacial score (nSPS) is 12.1. The summed E-state index contributed by atoms with van der Waals surface area (Å²) in [6.07, 6.45) is 2.63. The summed E-state index contributed by atoms with van der Waals surface area (Å²) in [7, 11) is 0. The zero-order valence-corrected chi connectivity index (χ0v) is 12.3. The lowest BCUT2D eigenvalue weighted by Crippen LogP contribution is -2.28. The molecule has 1 N–H and O–H groups in total. The number of carboxylic acid groups (broad SMARTS) is 1. The second-order valence-corrected chi connectivity index (χ2v) is 4.88. The second kappa shape index (κ2) is 7.56. The Morgan fingerprint density at radius 2 is 2.30 bits per heavy atom. The number of aliphatic carboxylic acids is 1. The molecule has 0 aliphatic heterocycles. The van der Waals surface area contributed by atoms with E-state index in [0.29, 0.717) is 18.1 Å². The summed E-state index contributed by atoms with van der Waals surface area (Å²) in [5.74, 6) is -1.12. The molecule has 0 amide bonds. The van der Waals surface area contributed by atoms with Crippen LogP contribution in [0.15, 0.2) is 24.3 Å². The van der Waals surface area contributed by atoms with Gasteiger partial charge < -0.3 is 10.0 Å². The third kappa shape index (κ3) is 4.60. The Morgan fingerprint density at radius 3 is 2.85 bits per heavy atom. The van der Waals surface area contributed by atoms with Gasteiger partial charge in [-0.15, -0.1) is 0 Å². The molecule has 5 heteroatoms. The number of anilines is 1. The smallest absolute Gasteiger partial charge is 0.328 e. The maximum atomic E-state index is 10.6. The summed E-state index contributed by atoms with van der Waals surface area (Å²) < 4.78 is 0. The fraction of sp³-hybridized carbons (Fsp3) is 0.333. The Bertz CT molecular complexity index is 549. The van der Waals surface area contributed by atoms with Crippen LogP contribution in [0.1, 0.15) is 19.4 Å². The van der Waals surface area contributed by atoms with E-state index in [4.69, 9.17) is 22.0 Å². The number of carbonyl (C=O) groups is 1. The van der Waals surface area contributed by atoms with Gasteiger partial charge in [-0.25, -0.2) is 4.79 Å². The van der Waals surface area contributed by atoms with Crippen LogP contribution in [0.25, 0.3) is 6.08 Å². The second-order valence-electron chi connectivity index (χ2n) is 4.44. The van der Waals surface area contributed by atoms with Crippen molar-refractivity contribution in [2.45, 2.75) is 13.8 Å². The average Bonchev–Trinajstić information content (AvgIpc) is 2.42. The van der Waals surface area contributed by atoms with E-state index in [2.05, 4.69) is 6.07 Å². The highest BCUT2D eigenvalue weighted by Crippen LogP contribution is 2.26. The highest BCUT2D eigenvalue weighted by molar-refractivity contribution is 6.31. The van der Waals surface area contributed by atoms with Crippen molar-refractivity contribution in [2.24, 2.45) is 5.92 Å². The molecule has 0 heterocycles. The summed E-state index contributed by atoms with van der Waals surface area (Å²) in [4.78, 5) is 12.7.